The number of benzene rings is 2. The molecule has 0 spiro atoms. The van der Waals surface area contributed by atoms with Gasteiger partial charge in [-0.1, -0.05) is 6.07 Å². The lowest BCUT2D eigenvalue weighted by Gasteiger charge is -2.40. The van der Waals surface area contributed by atoms with Gasteiger partial charge in [-0.15, -0.1) is 0 Å². The second kappa shape index (κ2) is 7.05. The molecule has 0 unspecified atom stereocenters. The molecule has 0 aliphatic carbocycles. The predicted molar refractivity (Wildman–Crippen MR) is 99.4 cm³/mol. The van der Waals surface area contributed by atoms with Crippen LogP contribution in [0.5, 0.6) is 11.5 Å². The molecule has 2 aliphatic rings. The van der Waals surface area contributed by atoms with Crippen molar-refractivity contribution in [1.29, 1.82) is 0 Å². The summed E-state index contributed by atoms with van der Waals surface area (Å²) in [5.74, 6) is -1.22. The van der Waals surface area contributed by atoms with Crippen LogP contribution < -0.4 is 15.0 Å². The Morgan fingerprint density at radius 3 is 2.82 bits per heavy atom. The Hall–Kier alpha value is -2.68. The Kier molecular flexibility index (Phi) is 4.70. The van der Waals surface area contributed by atoms with Crippen molar-refractivity contribution in [2.45, 2.75) is 24.9 Å². The van der Waals surface area contributed by atoms with E-state index in [0.717, 1.165) is 6.07 Å². The van der Waals surface area contributed by atoms with Crippen LogP contribution in [0.3, 0.4) is 0 Å². The number of methoxy groups -OCH3 is 1. The number of halogens is 3. The fraction of sp³-hybridized carbons (Fsp3) is 0.263. The van der Waals surface area contributed by atoms with E-state index in [9.17, 15) is 18.4 Å². The Balaban J connectivity index is 1.96. The van der Waals surface area contributed by atoms with Gasteiger partial charge in [0.2, 0.25) is 5.91 Å². The molecule has 28 heavy (non-hydrogen) atoms. The summed E-state index contributed by atoms with van der Waals surface area (Å²) in [7, 11) is 1.22. The van der Waals surface area contributed by atoms with Crippen LogP contribution in [0, 0.1) is 11.6 Å². The largest absolute Gasteiger partial charge is 0.455 e. The molecule has 9 heteroatoms. The molecule has 2 atom stereocenters. The van der Waals surface area contributed by atoms with Crippen molar-refractivity contribution in [1.82, 2.24) is 5.32 Å². The van der Waals surface area contributed by atoms with Crippen molar-refractivity contribution in [2.24, 2.45) is 0 Å². The number of carbonyl (C=O) groups is 2. The number of hydrogen-bond acceptors (Lipinski definition) is 4. The van der Waals surface area contributed by atoms with Crippen molar-refractivity contribution < 1.29 is 27.8 Å². The van der Waals surface area contributed by atoms with Gasteiger partial charge < -0.3 is 14.8 Å². The van der Waals surface area contributed by atoms with Gasteiger partial charge in [-0.25, -0.2) is 13.6 Å². The van der Waals surface area contributed by atoms with Crippen LogP contribution in [-0.4, -0.2) is 25.2 Å². The maximum atomic E-state index is 14.9. The van der Waals surface area contributed by atoms with Gasteiger partial charge in [0.05, 0.1) is 34.9 Å². The molecule has 1 N–H and O–H groups in total. The highest BCUT2D eigenvalue weighted by Crippen LogP contribution is 2.49. The topological polar surface area (TPSA) is 67.9 Å². The summed E-state index contributed by atoms with van der Waals surface area (Å²) in [4.78, 5) is 26.1. The standard InChI is InChI=1S/C19H15BrF2N2O4/c1-27-19(26)23-12-5-6-16(25)24-13-7-9(20)11(22)8-15(13)28-14-4-2-3-10(21)17(14)18(12)24/h2-4,7-8,12,18H,5-6H2,1H3,(H,23,26)/t12-,18-/m1/s1. The van der Waals surface area contributed by atoms with E-state index >= 15 is 0 Å². The highest BCUT2D eigenvalue weighted by Gasteiger charge is 2.44. The quantitative estimate of drug-likeness (QED) is 0.694. The summed E-state index contributed by atoms with van der Waals surface area (Å²) in [5.41, 5.74) is 0.403. The molecular formula is C19H15BrF2N2O4. The first-order valence-electron chi connectivity index (χ1n) is 8.52. The van der Waals surface area contributed by atoms with E-state index in [1.807, 2.05) is 0 Å². The van der Waals surface area contributed by atoms with Crippen molar-refractivity contribution in [3.8, 4) is 11.5 Å². The molecule has 4 rings (SSSR count). The summed E-state index contributed by atoms with van der Waals surface area (Å²) in [6, 6.07) is 5.31. The minimum absolute atomic E-state index is 0.0853. The number of alkyl carbamates (subject to hydrolysis) is 1. The minimum Gasteiger partial charge on any atom is -0.455 e. The average Bonchev–Trinajstić information content (AvgIpc) is 2.80. The Morgan fingerprint density at radius 2 is 2.07 bits per heavy atom. The van der Waals surface area contributed by atoms with E-state index in [1.165, 1.54) is 30.2 Å². The van der Waals surface area contributed by atoms with Crippen LogP contribution in [0.1, 0.15) is 24.4 Å². The van der Waals surface area contributed by atoms with Gasteiger partial charge >= 0.3 is 6.09 Å². The van der Waals surface area contributed by atoms with Gasteiger partial charge in [0, 0.05) is 12.5 Å². The van der Waals surface area contributed by atoms with Crippen molar-refractivity contribution in [2.75, 3.05) is 12.0 Å². The number of nitrogens with one attached hydrogen (secondary N) is 1. The zero-order chi connectivity index (χ0) is 20.0. The maximum Gasteiger partial charge on any atom is 0.407 e. The maximum absolute atomic E-state index is 14.9. The van der Waals surface area contributed by atoms with Crippen molar-refractivity contribution in [3.05, 3.63) is 52.0 Å². The smallest absolute Gasteiger partial charge is 0.407 e. The number of hydrogen-bond donors (Lipinski definition) is 1. The zero-order valence-corrected chi connectivity index (χ0v) is 16.3. The third-order valence-electron chi connectivity index (χ3n) is 4.88. The summed E-state index contributed by atoms with van der Waals surface area (Å²) in [6.45, 7) is 0. The van der Waals surface area contributed by atoms with Gasteiger partial charge in [0.1, 0.15) is 17.4 Å². The molecule has 0 bridgehead atoms. The van der Waals surface area contributed by atoms with Crippen molar-refractivity contribution >= 4 is 33.6 Å². The summed E-state index contributed by atoms with van der Waals surface area (Å²) in [6.07, 6.45) is -0.285. The van der Waals surface area contributed by atoms with Gasteiger partial charge in [-0.05, 0) is 40.5 Å². The second-order valence-electron chi connectivity index (χ2n) is 6.48. The molecule has 0 saturated carbocycles. The highest BCUT2D eigenvalue weighted by atomic mass is 79.9. The number of carbonyl (C=O) groups excluding carboxylic acids is 2. The number of ether oxygens (including phenoxy) is 2. The second-order valence-corrected chi connectivity index (χ2v) is 7.33. The van der Waals surface area contributed by atoms with Crippen LogP contribution in [0.4, 0.5) is 19.3 Å². The summed E-state index contributed by atoms with van der Waals surface area (Å²) >= 11 is 3.12. The molecule has 2 aromatic rings. The van der Waals surface area contributed by atoms with Gasteiger partial charge in [-0.2, -0.15) is 0 Å². The first-order chi connectivity index (χ1) is 13.4. The lowest BCUT2D eigenvalue weighted by molar-refractivity contribution is -0.120. The van der Waals surface area contributed by atoms with Crippen molar-refractivity contribution in [3.63, 3.8) is 0 Å². The van der Waals surface area contributed by atoms with Gasteiger partial charge in [-0.3, -0.25) is 9.69 Å². The Labute approximate surface area is 167 Å². The van der Waals surface area contributed by atoms with E-state index in [1.54, 1.807) is 6.07 Å². The van der Waals surface area contributed by atoms with Gasteiger partial charge in [0.25, 0.3) is 0 Å². The highest BCUT2D eigenvalue weighted by molar-refractivity contribution is 9.10. The van der Waals surface area contributed by atoms with E-state index in [2.05, 4.69) is 26.0 Å². The molecule has 0 radical (unpaired) electrons. The van der Waals surface area contributed by atoms with E-state index < -0.39 is 29.8 Å². The Morgan fingerprint density at radius 1 is 1.29 bits per heavy atom. The molecule has 2 aliphatic heterocycles. The minimum atomic E-state index is -0.879. The lowest BCUT2D eigenvalue weighted by atomic mass is 9.88. The van der Waals surface area contributed by atoms with Crippen LogP contribution in [0.2, 0.25) is 0 Å². The van der Waals surface area contributed by atoms with Crippen LogP contribution in [-0.2, 0) is 9.53 Å². The lowest BCUT2D eigenvalue weighted by Crippen LogP contribution is -2.52. The number of amides is 2. The molecular weight excluding hydrogens is 438 g/mol. The average molecular weight is 453 g/mol. The number of nitrogens with zero attached hydrogens (tertiary/aromatic N) is 1. The molecule has 2 amide bonds. The fourth-order valence-electron chi connectivity index (χ4n) is 3.67. The molecule has 1 fully saturated rings. The number of anilines is 1. The molecule has 2 heterocycles. The fourth-order valence-corrected chi connectivity index (χ4v) is 4.00. The zero-order valence-electron chi connectivity index (χ0n) is 14.7. The SMILES string of the molecule is COC(=O)N[C@@H]1CCC(=O)N2c3cc(Br)c(F)cc3Oc3cccc(F)c3[C@@H]12. The third kappa shape index (κ3) is 2.99. The predicted octanol–water partition coefficient (Wildman–Crippen LogP) is 4.43. The van der Waals surface area contributed by atoms with Crippen LogP contribution in [0.25, 0.3) is 0 Å². The number of fused-ring (bicyclic) bond motifs is 5. The van der Waals surface area contributed by atoms with E-state index in [-0.39, 0.29) is 39.6 Å². The Bertz CT molecular complexity index is 985. The molecule has 0 aromatic heterocycles. The van der Waals surface area contributed by atoms with E-state index in [0.29, 0.717) is 6.42 Å². The molecule has 2 aromatic carbocycles. The third-order valence-corrected chi connectivity index (χ3v) is 5.48. The van der Waals surface area contributed by atoms with Crippen LogP contribution in [0.15, 0.2) is 34.8 Å². The molecule has 6 nitrogen and oxygen atoms in total. The van der Waals surface area contributed by atoms with Gasteiger partial charge in [0.15, 0.2) is 5.75 Å². The number of rotatable bonds is 1. The summed E-state index contributed by atoms with van der Waals surface area (Å²) in [5, 5.41) is 2.68. The van der Waals surface area contributed by atoms with E-state index in [4.69, 9.17) is 4.74 Å². The normalized spacial score (nSPS) is 20.3. The first-order valence-corrected chi connectivity index (χ1v) is 9.32. The molecule has 146 valence electrons. The first kappa shape index (κ1) is 18.7. The molecule has 1 saturated heterocycles. The monoisotopic (exact) mass is 452 g/mol. The number of piperidine rings is 1. The summed E-state index contributed by atoms with van der Waals surface area (Å²) < 4.78 is 39.6. The van der Waals surface area contributed by atoms with Crippen LogP contribution >= 0.6 is 15.9 Å².